The number of anilines is 1. The molecule has 0 radical (unpaired) electrons. The molecule has 1 aliphatic rings. The van der Waals surface area contributed by atoms with E-state index in [2.05, 4.69) is 57.7 Å². The fourth-order valence-corrected chi connectivity index (χ4v) is 3.55. The second-order valence-electron chi connectivity index (χ2n) is 6.66. The van der Waals surface area contributed by atoms with Crippen molar-refractivity contribution < 1.29 is 4.92 Å². The first-order valence-corrected chi connectivity index (χ1v) is 8.75. The number of aromatic nitrogens is 1. The molecular weight excluding hydrogens is 328 g/mol. The van der Waals surface area contributed by atoms with Crippen LogP contribution in [0.3, 0.4) is 0 Å². The van der Waals surface area contributed by atoms with Crippen molar-refractivity contribution in [3.05, 3.63) is 76.5 Å². The molecule has 3 aromatic rings. The Labute approximate surface area is 151 Å². The second kappa shape index (κ2) is 7.09. The zero-order chi connectivity index (χ0) is 17.9. The third-order valence-electron chi connectivity index (χ3n) is 4.86. The van der Waals surface area contributed by atoms with Gasteiger partial charge in [-0.15, -0.1) is 0 Å². The molecule has 26 heavy (non-hydrogen) atoms. The van der Waals surface area contributed by atoms with Crippen LogP contribution >= 0.6 is 0 Å². The van der Waals surface area contributed by atoms with Gasteiger partial charge in [0, 0.05) is 31.7 Å². The minimum absolute atomic E-state index is 0.0135. The predicted octanol–water partition coefficient (Wildman–Crippen LogP) is 3.83. The molecule has 0 aliphatic carbocycles. The van der Waals surface area contributed by atoms with Crippen molar-refractivity contribution in [3.63, 3.8) is 0 Å². The SMILES string of the molecule is O=[N+]([O-])c1ccc(N[C@H]2CCN(Cc3cccc4ccccc34)C2)nc1. The molecule has 6 heteroatoms. The number of pyridine rings is 1. The molecule has 0 bridgehead atoms. The zero-order valence-electron chi connectivity index (χ0n) is 14.3. The van der Waals surface area contributed by atoms with Crippen LogP contribution in [0.2, 0.25) is 0 Å². The van der Waals surface area contributed by atoms with E-state index < -0.39 is 4.92 Å². The molecule has 1 aliphatic heterocycles. The summed E-state index contributed by atoms with van der Waals surface area (Å²) >= 11 is 0. The lowest BCUT2D eigenvalue weighted by atomic mass is 10.0. The van der Waals surface area contributed by atoms with E-state index in [1.165, 1.54) is 28.6 Å². The molecule has 1 saturated heterocycles. The molecule has 1 N–H and O–H groups in total. The number of hydrogen-bond acceptors (Lipinski definition) is 5. The van der Waals surface area contributed by atoms with Crippen LogP contribution < -0.4 is 5.32 Å². The van der Waals surface area contributed by atoms with Gasteiger partial charge in [0.25, 0.3) is 5.69 Å². The Morgan fingerprint density at radius 2 is 2.00 bits per heavy atom. The summed E-state index contributed by atoms with van der Waals surface area (Å²) in [7, 11) is 0. The first-order valence-electron chi connectivity index (χ1n) is 8.75. The average molecular weight is 348 g/mol. The topological polar surface area (TPSA) is 71.3 Å². The summed E-state index contributed by atoms with van der Waals surface area (Å²) in [4.78, 5) is 16.9. The predicted molar refractivity (Wildman–Crippen MR) is 102 cm³/mol. The van der Waals surface area contributed by atoms with Crippen LogP contribution in [0.1, 0.15) is 12.0 Å². The van der Waals surface area contributed by atoms with E-state index in [1.807, 2.05) is 0 Å². The van der Waals surface area contributed by atoms with E-state index in [-0.39, 0.29) is 5.69 Å². The van der Waals surface area contributed by atoms with Gasteiger partial charge in [-0.25, -0.2) is 4.98 Å². The normalized spacial score (nSPS) is 17.5. The lowest BCUT2D eigenvalue weighted by molar-refractivity contribution is -0.385. The maximum Gasteiger partial charge on any atom is 0.287 e. The molecule has 2 aromatic carbocycles. The van der Waals surface area contributed by atoms with Gasteiger partial charge >= 0.3 is 0 Å². The lowest BCUT2D eigenvalue weighted by Gasteiger charge is -2.18. The Morgan fingerprint density at radius 3 is 2.81 bits per heavy atom. The van der Waals surface area contributed by atoms with Gasteiger partial charge in [-0.2, -0.15) is 0 Å². The smallest absolute Gasteiger partial charge is 0.287 e. The Hall–Kier alpha value is -2.99. The molecule has 2 heterocycles. The molecule has 6 nitrogen and oxygen atoms in total. The van der Waals surface area contributed by atoms with Crippen LogP contribution in [0.15, 0.2) is 60.8 Å². The average Bonchev–Trinajstić information content (AvgIpc) is 3.09. The largest absolute Gasteiger partial charge is 0.366 e. The number of fused-ring (bicyclic) bond motifs is 1. The van der Waals surface area contributed by atoms with Crippen molar-refractivity contribution in [2.45, 2.75) is 19.0 Å². The summed E-state index contributed by atoms with van der Waals surface area (Å²) in [5.74, 6) is 0.688. The van der Waals surface area contributed by atoms with Gasteiger partial charge in [-0.05, 0) is 28.8 Å². The molecule has 4 rings (SSSR count). The van der Waals surface area contributed by atoms with Crippen LogP contribution in [0.4, 0.5) is 11.5 Å². The highest BCUT2D eigenvalue weighted by molar-refractivity contribution is 5.85. The van der Waals surface area contributed by atoms with E-state index >= 15 is 0 Å². The number of benzene rings is 2. The summed E-state index contributed by atoms with van der Waals surface area (Å²) in [6.07, 6.45) is 2.33. The number of nitrogens with zero attached hydrogens (tertiary/aromatic N) is 3. The minimum atomic E-state index is -0.432. The summed E-state index contributed by atoms with van der Waals surface area (Å²) in [5.41, 5.74) is 1.36. The highest BCUT2D eigenvalue weighted by Crippen LogP contribution is 2.23. The molecule has 1 atom stereocenters. The summed E-state index contributed by atoms with van der Waals surface area (Å²) < 4.78 is 0. The molecule has 0 saturated carbocycles. The van der Waals surface area contributed by atoms with Gasteiger partial charge in [0.05, 0.1) is 4.92 Å². The first-order chi connectivity index (χ1) is 12.7. The van der Waals surface area contributed by atoms with Gasteiger partial charge < -0.3 is 5.32 Å². The molecule has 132 valence electrons. The molecular formula is C20H20N4O2. The van der Waals surface area contributed by atoms with Crippen molar-refractivity contribution in [1.82, 2.24) is 9.88 Å². The number of rotatable bonds is 5. The van der Waals surface area contributed by atoms with Gasteiger partial charge in [-0.3, -0.25) is 15.0 Å². The summed E-state index contributed by atoms with van der Waals surface area (Å²) in [6, 6.07) is 18.4. The van der Waals surface area contributed by atoms with E-state index in [9.17, 15) is 10.1 Å². The number of nitro groups is 1. The quantitative estimate of drug-likeness (QED) is 0.560. The lowest BCUT2D eigenvalue weighted by Crippen LogP contribution is -2.26. The summed E-state index contributed by atoms with van der Waals surface area (Å²) in [6.45, 7) is 2.88. The van der Waals surface area contributed by atoms with Crippen LogP contribution in [0, 0.1) is 10.1 Å². The Bertz CT molecular complexity index is 921. The maximum atomic E-state index is 10.7. The van der Waals surface area contributed by atoms with Crippen molar-refractivity contribution in [2.24, 2.45) is 0 Å². The van der Waals surface area contributed by atoms with Gasteiger partial charge in [0.15, 0.2) is 0 Å². The Balaban J connectivity index is 1.40. The standard InChI is InChI=1S/C20H20N4O2/c25-24(26)18-8-9-20(21-12-18)22-17-10-11-23(14-17)13-16-6-3-5-15-4-1-2-7-19(15)16/h1-9,12,17H,10-11,13-14H2,(H,21,22)/t17-/m0/s1. The first kappa shape index (κ1) is 16.5. The van der Waals surface area contributed by atoms with Crippen molar-refractivity contribution in [1.29, 1.82) is 0 Å². The summed E-state index contributed by atoms with van der Waals surface area (Å²) in [5, 5.41) is 16.7. The number of hydrogen-bond donors (Lipinski definition) is 1. The number of likely N-dealkylation sites (tertiary alicyclic amines) is 1. The third kappa shape index (κ3) is 3.50. The van der Waals surface area contributed by atoms with Crippen LogP contribution in [-0.4, -0.2) is 33.9 Å². The highest BCUT2D eigenvalue weighted by Gasteiger charge is 2.23. The van der Waals surface area contributed by atoms with Crippen LogP contribution in [0.5, 0.6) is 0 Å². The molecule has 0 spiro atoms. The van der Waals surface area contributed by atoms with E-state index in [0.717, 1.165) is 26.1 Å². The maximum absolute atomic E-state index is 10.7. The second-order valence-corrected chi connectivity index (χ2v) is 6.66. The molecule has 1 aromatic heterocycles. The van der Waals surface area contributed by atoms with E-state index in [1.54, 1.807) is 6.07 Å². The van der Waals surface area contributed by atoms with Gasteiger partial charge in [-0.1, -0.05) is 42.5 Å². The van der Waals surface area contributed by atoms with E-state index in [0.29, 0.717) is 11.9 Å². The van der Waals surface area contributed by atoms with Gasteiger partial charge in [0.2, 0.25) is 0 Å². The van der Waals surface area contributed by atoms with Crippen molar-refractivity contribution in [3.8, 4) is 0 Å². The van der Waals surface area contributed by atoms with Crippen LogP contribution in [0.25, 0.3) is 10.8 Å². The Morgan fingerprint density at radius 1 is 1.15 bits per heavy atom. The monoisotopic (exact) mass is 348 g/mol. The minimum Gasteiger partial charge on any atom is -0.366 e. The third-order valence-corrected chi connectivity index (χ3v) is 4.86. The molecule has 0 amide bonds. The fraction of sp³-hybridized carbons (Fsp3) is 0.250. The van der Waals surface area contributed by atoms with Crippen molar-refractivity contribution in [2.75, 3.05) is 18.4 Å². The Kier molecular flexibility index (Phi) is 4.50. The van der Waals surface area contributed by atoms with Crippen molar-refractivity contribution >= 4 is 22.3 Å². The fourth-order valence-electron chi connectivity index (χ4n) is 3.55. The van der Waals surface area contributed by atoms with Crippen LogP contribution in [-0.2, 0) is 6.54 Å². The molecule has 0 unspecified atom stereocenters. The van der Waals surface area contributed by atoms with Gasteiger partial charge in [0.1, 0.15) is 12.0 Å². The number of nitrogens with one attached hydrogen (secondary N) is 1. The highest BCUT2D eigenvalue weighted by atomic mass is 16.6. The zero-order valence-corrected chi connectivity index (χ0v) is 14.3. The van der Waals surface area contributed by atoms with E-state index in [4.69, 9.17) is 0 Å². The molecule has 1 fully saturated rings.